The normalized spacial score (nSPS) is 12.6. The highest BCUT2D eigenvalue weighted by molar-refractivity contribution is 5.69. The SMILES string of the molecule is CCCCC/C=C\C/C=C\CCCCCCCCCCCCOCC(CO)OC(=O)CCCCCCC. The molecule has 0 heterocycles. The summed E-state index contributed by atoms with van der Waals surface area (Å²) in [5, 5.41) is 9.43. The summed E-state index contributed by atoms with van der Waals surface area (Å²) in [6, 6.07) is 0. The Kier molecular flexibility index (Phi) is 30.1. The van der Waals surface area contributed by atoms with Gasteiger partial charge in [0.05, 0.1) is 13.2 Å². The maximum Gasteiger partial charge on any atom is 0.306 e. The molecule has 0 spiro atoms. The lowest BCUT2D eigenvalue weighted by atomic mass is 10.1. The Morgan fingerprint density at radius 3 is 1.73 bits per heavy atom. The molecule has 218 valence electrons. The number of hydrogen-bond acceptors (Lipinski definition) is 4. The first-order valence-electron chi connectivity index (χ1n) is 15.9. The highest BCUT2D eigenvalue weighted by Crippen LogP contribution is 2.12. The third-order valence-corrected chi connectivity index (χ3v) is 6.78. The molecule has 4 heteroatoms. The van der Waals surface area contributed by atoms with Crippen molar-refractivity contribution in [1.29, 1.82) is 0 Å². The van der Waals surface area contributed by atoms with E-state index >= 15 is 0 Å². The Hall–Kier alpha value is -1.13. The fraction of sp³-hybridized carbons (Fsp3) is 0.848. The zero-order valence-corrected chi connectivity index (χ0v) is 24.7. The van der Waals surface area contributed by atoms with E-state index in [0.717, 1.165) is 25.7 Å². The standard InChI is InChI=1S/C33H62O4/c1-3-5-7-9-10-11-12-13-14-15-16-17-18-19-20-21-22-23-25-27-29-36-31-32(30-34)37-33(35)28-26-24-8-6-4-2/h10-11,13-14,32,34H,3-9,12,15-31H2,1-2H3/b11-10-,14-13-. The van der Waals surface area contributed by atoms with Crippen molar-refractivity contribution in [3.05, 3.63) is 24.3 Å². The molecule has 0 radical (unpaired) electrons. The highest BCUT2D eigenvalue weighted by atomic mass is 16.6. The first kappa shape index (κ1) is 35.9. The highest BCUT2D eigenvalue weighted by Gasteiger charge is 2.13. The van der Waals surface area contributed by atoms with Crippen molar-refractivity contribution in [2.24, 2.45) is 0 Å². The van der Waals surface area contributed by atoms with Crippen molar-refractivity contribution in [2.45, 2.75) is 161 Å². The van der Waals surface area contributed by atoms with Crippen LogP contribution < -0.4 is 0 Å². The van der Waals surface area contributed by atoms with Crippen LogP contribution in [0.1, 0.15) is 155 Å². The van der Waals surface area contributed by atoms with Gasteiger partial charge in [-0.15, -0.1) is 0 Å². The second-order valence-corrected chi connectivity index (χ2v) is 10.5. The van der Waals surface area contributed by atoms with Crippen LogP contribution in [0.2, 0.25) is 0 Å². The number of carbonyl (C=O) groups excluding carboxylic acids is 1. The molecule has 0 aliphatic heterocycles. The number of allylic oxidation sites excluding steroid dienone is 4. The third kappa shape index (κ3) is 29.3. The molecule has 0 bridgehead atoms. The monoisotopic (exact) mass is 522 g/mol. The second-order valence-electron chi connectivity index (χ2n) is 10.5. The van der Waals surface area contributed by atoms with E-state index in [2.05, 4.69) is 38.2 Å². The molecule has 0 aliphatic rings. The topological polar surface area (TPSA) is 55.8 Å². The maximum absolute atomic E-state index is 11.9. The molecule has 0 fully saturated rings. The van der Waals surface area contributed by atoms with Crippen LogP contribution in [0.5, 0.6) is 0 Å². The molecule has 1 unspecified atom stereocenters. The van der Waals surface area contributed by atoms with Crippen LogP contribution in [0.15, 0.2) is 24.3 Å². The molecule has 0 amide bonds. The molecule has 37 heavy (non-hydrogen) atoms. The van der Waals surface area contributed by atoms with Gasteiger partial charge in [0.25, 0.3) is 0 Å². The van der Waals surface area contributed by atoms with Crippen molar-refractivity contribution in [3.8, 4) is 0 Å². The lowest BCUT2D eigenvalue weighted by Crippen LogP contribution is -2.27. The van der Waals surface area contributed by atoms with Gasteiger partial charge in [0.2, 0.25) is 0 Å². The van der Waals surface area contributed by atoms with Gasteiger partial charge in [-0.25, -0.2) is 0 Å². The molecule has 0 aromatic rings. The third-order valence-electron chi connectivity index (χ3n) is 6.78. The Morgan fingerprint density at radius 2 is 1.14 bits per heavy atom. The van der Waals surface area contributed by atoms with Crippen LogP contribution in [0.4, 0.5) is 0 Å². The molecule has 0 aliphatic carbocycles. The van der Waals surface area contributed by atoms with Crippen molar-refractivity contribution < 1.29 is 19.4 Å². The molecule has 0 aromatic heterocycles. The van der Waals surface area contributed by atoms with Crippen LogP contribution in [-0.2, 0) is 14.3 Å². The van der Waals surface area contributed by atoms with Crippen LogP contribution >= 0.6 is 0 Å². The molecule has 0 rings (SSSR count). The summed E-state index contributed by atoms with van der Waals surface area (Å²) in [7, 11) is 0. The lowest BCUT2D eigenvalue weighted by molar-refractivity contribution is -0.154. The summed E-state index contributed by atoms with van der Waals surface area (Å²) in [6.45, 7) is 5.23. The van der Waals surface area contributed by atoms with Crippen LogP contribution in [-0.4, -0.2) is 37.0 Å². The number of rotatable bonds is 29. The molecule has 1 N–H and O–H groups in total. The largest absolute Gasteiger partial charge is 0.457 e. The summed E-state index contributed by atoms with van der Waals surface area (Å²) >= 11 is 0. The minimum atomic E-state index is -0.526. The first-order valence-corrected chi connectivity index (χ1v) is 15.9. The molecule has 0 saturated heterocycles. The van der Waals surface area contributed by atoms with E-state index < -0.39 is 6.10 Å². The molecule has 0 aromatic carbocycles. The number of carbonyl (C=O) groups is 1. The number of unbranched alkanes of at least 4 members (excludes halogenated alkanes) is 17. The second kappa shape index (κ2) is 31.1. The van der Waals surface area contributed by atoms with Gasteiger partial charge in [0.15, 0.2) is 0 Å². The minimum Gasteiger partial charge on any atom is -0.457 e. The van der Waals surface area contributed by atoms with Gasteiger partial charge in [-0.2, -0.15) is 0 Å². The Labute approximate surface area is 230 Å². The van der Waals surface area contributed by atoms with E-state index in [1.807, 2.05) is 0 Å². The maximum atomic E-state index is 11.9. The van der Waals surface area contributed by atoms with E-state index in [0.29, 0.717) is 19.6 Å². The average molecular weight is 523 g/mol. The Balaban J connectivity index is 3.37. The van der Waals surface area contributed by atoms with Gasteiger partial charge in [0, 0.05) is 13.0 Å². The van der Waals surface area contributed by atoms with Crippen LogP contribution in [0.25, 0.3) is 0 Å². The summed E-state index contributed by atoms with van der Waals surface area (Å²) in [6.07, 6.45) is 35.2. The molecular weight excluding hydrogens is 460 g/mol. The quantitative estimate of drug-likeness (QED) is 0.0603. The number of aliphatic hydroxyl groups excluding tert-OH is 1. The van der Waals surface area contributed by atoms with E-state index in [9.17, 15) is 9.90 Å². The fourth-order valence-electron chi connectivity index (χ4n) is 4.36. The number of aliphatic hydroxyl groups is 1. The summed E-state index contributed by atoms with van der Waals surface area (Å²) in [5.74, 6) is -0.215. The van der Waals surface area contributed by atoms with Gasteiger partial charge in [-0.05, 0) is 44.9 Å². The predicted molar refractivity (Wildman–Crippen MR) is 159 cm³/mol. The van der Waals surface area contributed by atoms with Crippen molar-refractivity contribution in [3.63, 3.8) is 0 Å². The Morgan fingerprint density at radius 1 is 0.649 bits per heavy atom. The zero-order chi connectivity index (χ0) is 27.1. The van der Waals surface area contributed by atoms with Gasteiger partial charge in [-0.3, -0.25) is 4.79 Å². The predicted octanol–water partition coefficient (Wildman–Crippen LogP) is 9.64. The van der Waals surface area contributed by atoms with Crippen molar-refractivity contribution >= 4 is 5.97 Å². The van der Waals surface area contributed by atoms with Gasteiger partial charge in [-0.1, -0.05) is 128 Å². The van der Waals surface area contributed by atoms with E-state index in [1.54, 1.807) is 0 Å². The number of esters is 1. The van der Waals surface area contributed by atoms with Gasteiger partial charge >= 0.3 is 5.97 Å². The zero-order valence-electron chi connectivity index (χ0n) is 24.7. The molecular formula is C33H62O4. The number of hydrogen-bond donors (Lipinski definition) is 1. The Bertz CT molecular complexity index is 514. The lowest BCUT2D eigenvalue weighted by Gasteiger charge is -2.15. The van der Waals surface area contributed by atoms with Crippen LogP contribution in [0, 0.1) is 0 Å². The van der Waals surface area contributed by atoms with Gasteiger partial charge in [0.1, 0.15) is 6.10 Å². The minimum absolute atomic E-state index is 0.172. The van der Waals surface area contributed by atoms with Crippen molar-refractivity contribution in [2.75, 3.05) is 19.8 Å². The summed E-state index contributed by atoms with van der Waals surface area (Å²) < 4.78 is 11.0. The van der Waals surface area contributed by atoms with E-state index in [1.165, 1.54) is 109 Å². The van der Waals surface area contributed by atoms with E-state index in [4.69, 9.17) is 9.47 Å². The first-order chi connectivity index (χ1) is 18.2. The molecule has 4 nitrogen and oxygen atoms in total. The summed E-state index contributed by atoms with van der Waals surface area (Å²) in [4.78, 5) is 11.9. The van der Waals surface area contributed by atoms with Gasteiger partial charge < -0.3 is 14.6 Å². The van der Waals surface area contributed by atoms with Crippen LogP contribution in [0.3, 0.4) is 0 Å². The average Bonchev–Trinajstić information content (AvgIpc) is 2.90. The van der Waals surface area contributed by atoms with E-state index in [-0.39, 0.29) is 12.6 Å². The summed E-state index contributed by atoms with van der Waals surface area (Å²) in [5.41, 5.74) is 0. The number of ether oxygens (including phenoxy) is 2. The molecule has 1 atom stereocenters. The fourth-order valence-corrected chi connectivity index (χ4v) is 4.36. The smallest absolute Gasteiger partial charge is 0.306 e. The van der Waals surface area contributed by atoms with Crippen molar-refractivity contribution in [1.82, 2.24) is 0 Å². The molecule has 0 saturated carbocycles.